The smallest absolute Gasteiger partial charge is 0.411 e. The van der Waals surface area contributed by atoms with Crippen molar-refractivity contribution in [2.45, 2.75) is 66.8 Å². The van der Waals surface area contributed by atoms with Crippen LogP contribution in [0.2, 0.25) is 0 Å². The van der Waals surface area contributed by atoms with Gasteiger partial charge in [0.25, 0.3) is 0 Å². The van der Waals surface area contributed by atoms with Gasteiger partial charge in [0.2, 0.25) is 5.95 Å². The number of unbranched alkanes of at least 4 members (excludes halogenated alkanes) is 1. The van der Waals surface area contributed by atoms with Crippen LogP contribution in [0.25, 0.3) is 0 Å². The molecule has 1 saturated heterocycles. The number of carbonyl (C=O) groups excluding carboxylic acids is 1. The molecule has 0 spiro atoms. The molecule has 1 aromatic heterocycles. The molecule has 0 radical (unpaired) electrons. The Bertz CT molecular complexity index is 1130. The lowest BCUT2D eigenvalue weighted by molar-refractivity contribution is 0.157. The highest BCUT2D eigenvalue weighted by atomic mass is 16.5. The van der Waals surface area contributed by atoms with Crippen molar-refractivity contribution in [1.82, 2.24) is 14.9 Å². The predicted octanol–water partition coefficient (Wildman–Crippen LogP) is 5.82. The van der Waals surface area contributed by atoms with Gasteiger partial charge >= 0.3 is 6.09 Å². The van der Waals surface area contributed by atoms with E-state index in [0.29, 0.717) is 35.3 Å². The lowest BCUT2D eigenvalue weighted by Crippen LogP contribution is -2.46. The zero-order chi connectivity index (χ0) is 28.4. The minimum absolute atomic E-state index is 0.0997. The summed E-state index contributed by atoms with van der Waals surface area (Å²) in [4.78, 5) is 26.3. The number of amides is 1. The molecule has 3 rings (SSSR count). The van der Waals surface area contributed by atoms with Gasteiger partial charge in [0.1, 0.15) is 17.5 Å². The number of hydrogen-bond acceptors (Lipinski definition) is 9. The number of benzene rings is 1. The number of carbonyl (C=O) groups is 1. The summed E-state index contributed by atoms with van der Waals surface area (Å²) in [5, 5.41) is 18.7. The number of piperazine rings is 1. The van der Waals surface area contributed by atoms with Gasteiger partial charge in [0.15, 0.2) is 0 Å². The van der Waals surface area contributed by atoms with Crippen LogP contribution in [0.5, 0.6) is 0 Å². The van der Waals surface area contributed by atoms with E-state index in [1.54, 1.807) is 0 Å². The van der Waals surface area contributed by atoms with Gasteiger partial charge in [0.05, 0.1) is 24.2 Å². The molecule has 0 saturated carbocycles. The molecule has 0 unspecified atom stereocenters. The minimum Gasteiger partial charge on any atom is -0.449 e. The van der Waals surface area contributed by atoms with Crippen LogP contribution in [0.4, 0.5) is 33.6 Å². The van der Waals surface area contributed by atoms with Crippen molar-refractivity contribution in [3.05, 3.63) is 30.0 Å². The van der Waals surface area contributed by atoms with Gasteiger partial charge in [0, 0.05) is 37.9 Å². The number of ether oxygens (including phenoxy) is 1. The second-order valence-corrected chi connectivity index (χ2v) is 11.4. The first-order valence-electron chi connectivity index (χ1n) is 13.9. The average molecular weight is 537 g/mol. The number of rotatable bonds is 11. The molecule has 10 heteroatoms. The van der Waals surface area contributed by atoms with Crippen LogP contribution in [0, 0.1) is 16.7 Å². The first kappa shape index (κ1) is 30.0. The number of nitriles is 1. The van der Waals surface area contributed by atoms with Crippen molar-refractivity contribution < 1.29 is 9.53 Å². The SMILES string of the molecule is CCN1CCN(c2ccc(Nc3ncc(C#N)c(NC(C)C)n3)c(NC(=O)OCCCCC(C)(C)C)c2)CC1. The Kier molecular flexibility index (Phi) is 10.8. The van der Waals surface area contributed by atoms with E-state index in [1.807, 2.05) is 32.0 Å². The van der Waals surface area contributed by atoms with Crippen LogP contribution in [0.15, 0.2) is 24.4 Å². The van der Waals surface area contributed by atoms with Crippen molar-refractivity contribution >= 4 is 34.9 Å². The maximum Gasteiger partial charge on any atom is 0.411 e. The highest BCUT2D eigenvalue weighted by Crippen LogP contribution is 2.31. The summed E-state index contributed by atoms with van der Waals surface area (Å²) in [6, 6.07) is 8.13. The fourth-order valence-corrected chi connectivity index (χ4v) is 4.36. The monoisotopic (exact) mass is 536 g/mol. The molecule has 0 atom stereocenters. The average Bonchev–Trinajstić information content (AvgIpc) is 2.89. The number of likely N-dealkylation sites (N-methyl/N-ethyl adjacent to an activating group) is 1. The van der Waals surface area contributed by atoms with E-state index in [2.05, 4.69) is 69.5 Å². The van der Waals surface area contributed by atoms with E-state index in [4.69, 9.17) is 4.74 Å². The van der Waals surface area contributed by atoms with E-state index >= 15 is 0 Å². The van der Waals surface area contributed by atoms with Crippen molar-refractivity contribution in [2.24, 2.45) is 5.41 Å². The molecule has 39 heavy (non-hydrogen) atoms. The minimum atomic E-state index is -0.496. The third-order valence-electron chi connectivity index (χ3n) is 6.56. The second-order valence-electron chi connectivity index (χ2n) is 11.4. The molecule has 212 valence electrons. The van der Waals surface area contributed by atoms with Crippen molar-refractivity contribution in [2.75, 3.05) is 60.2 Å². The second kappa shape index (κ2) is 14.0. The van der Waals surface area contributed by atoms with Gasteiger partial charge < -0.3 is 25.2 Å². The lowest BCUT2D eigenvalue weighted by atomic mass is 9.90. The third kappa shape index (κ3) is 9.59. The van der Waals surface area contributed by atoms with E-state index in [-0.39, 0.29) is 11.5 Å². The molecule has 0 aliphatic carbocycles. The number of anilines is 5. The topological polar surface area (TPSA) is 118 Å². The summed E-state index contributed by atoms with van der Waals surface area (Å²) in [5.41, 5.74) is 2.88. The first-order valence-corrected chi connectivity index (χ1v) is 13.9. The molecule has 1 aliphatic heterocycles. The number of nitrogens with one attached hydrogen (secondary N) is 3. The highest BCUT2D eigenvalue weighted by molar-refractivity contribution is 5.91. The Morgan fingerprint density at radius 1 is 1.15 bits per heavy atom. The van der Waals surface area contributed by atoms with Crippen molar-refractivity contribution in [3.63, 3.8) is 0 Å². The Balaban J connectivity index is 1.77. The fourth-order valence-electron chi connectivity index (χ4n) is 4.36. The molecule has 1 fully saturated rings. The molecular formula is C29H44N8O2. The van der Waals surface area contributed by atoms with Crippen LogP contribution in [0.1, 0.15) is 66.4 Å². The Hall–Kier alpha value is -3.58. The third-order valence-corrected chi connectivity index (χ3v) is 6.56. The predicted molar refractivity (Wildman–Crippen MR) is 158 cm³/mol. The molecule has 1 amide bonds. The summed E-state index contributed by atoms with van der Waals surface area (Å²) in [5.74, 6) is 0.777. The summed E-state index contributed by atoms with van der Waals surface area (Å²) >= 11 is 0. The van der Waals surface area contributed by atoms with Gasteiger partial charge in [-0.15, -0.1) is 0 Å². The molecule has 2 heterocycles. The quantitative estimate of drug-likeness (QED) is 0.305. The molecule has 2 aromatic rings. The number of aromatic nitrogens is 2. The maximum absolute atomic E-state index is 12.7. The molecule has 10 nitrogen and oxygen atoms in total. The van der Waals surface area contributed by atoms with Crippen LogP contribution in [-0.2, 0) is 4.74 Å². The summed E-state index contributed by atoms with van der Waals surface area (Å²) in [6.07, 6.45) is 3.90. The van der Waals surface area contributed by atoms with E-state index < -0.39 is 6.09 Å². The zero-order valence-corrected chi connectivity index (χ0v) is 24.3. The van der Waals surface area contributed by atoms with Crippen molar-refractivity contribution in [1.29, 1.82) is 5.26 Å². The van der Waals surface area contributed by atoms with Crippen LogP contribution >= 0.6 is 0 Å². The first-order chi connectivity index (χ1) is 18.6. The van der Waals surface area contributed by atoms with Gasteiger partial charge in [-0.1, -0.05) is 27.7 Å². The molecule has 1 aliphatic rings. The Morgan fingerprint density at radius 2 is 1.90 bits per heavy atom. The zero-order valence-electron chi connectivity index (χ0n) is 24.3. The highest BCUT2D eigenvalue weighted by Gasteiger charge is 2.19. The lowest BCUT2D eigenvalue weighted by Gasteiger charge is -2.35. The summed E-state index contributed by atoms with van der Waals surface area (Å²) in [6.45, 7) is 18.0. The van der Waals surface area contributed by atoms with Crippen LogP contribution in [-0.4, -0.2) is 66.3 Å². The standard InChI is InChI=1S/C29H44N8O2/c1-7-36-13-15-37(16-14-36)23-10-11-24(33-27-31-20-22(19-30)26(35-27)32-21(2)3)25(18-23)34-28(38)39-17-9-8-12-29(4,5)6/h10-11,18,20-21H,7-9,12-17H2,1-6H3,(H,34,38)(H2,31,32,33,35). The van der Waals surface area contributed by atoms with E-state index in [1.165, 1.54) is 6.20 Å². The Morgan fingerprint density at radius 3 is 2.54 bits per heavy atom. The van der Waals surface area contributed by atoms with Gasteiger partial charge in [-0.3, -0.25) is 5.32 Å². The van der Waals surface area contributed by atoms with Gasteiger partial charge in [-0.05, 0) is 63.3 Å². The van der Waals surface area contributed by atoms with Gasteiger partial charge in [-0.25, -0.2) is 9.78 Å². The molecule has 1 aromatic carbocycles. The maximum atomic E-state index is 12.7. The molecule has 0 bridgehead atoms. The Labute approximate surface area is 233 Å². The van der Waals surface area contributed by atoms with E-state index in [9.17, 15) is 10.1 Å². The molecular weight excluding hydrogens is 492 g/mol. The number of nitrogens with zero attached hydrogens (tertiary/aromatic N) is 5. The normalized spacial score (nSPS) is 14.2. The van der Waals surface area contributed by atoms with Crippen LogP contribution in [0.3, 0.4) is 0 Å². The fraction of sp³-hybridized carbons (Fsp3) is 0.586. The number of hydrogen-bond donors (Lipinski definition) is 3. The van der Waals surface area contributed by atoms with Gasteiger partial charge in [-0.2, -0.15) is 10.2 Å². The summed E-state index contributed by atoms with van der Waals surface area (Å²) < 4.78 is 5.50. The summed E-state index contributed by atoms with van der Waals surface area (Å²) in [7, 11) is 0. The molecule has 3 N–H and O–H groups in total. The van der Waals surface area contributed by atoms with E-state index in [0.717, 1.165) is 57.7 Å². The van der Waals surface area contributed by atoms with Crippen LogP contribution < -0.4 is 20.9 Å². The van der Waals surface area contributed by atoms with Crippen molar-refractivity contribution in [3.8, 4) is 6.07 Å². The largest absolute Gasteiger partial charge is 0.449 e.